The Morgan fingerprint density at radius 2 is 2.36 bits per heavy atom. The molecule has 0 bridgehead atoms. The SMILES string of the molecule is CC1CCC(CCC(=O)N2CCNCC2c2nccn2C)O1. The van der Waals surface area contributed by atoms with E-state index < -0.39 is 0 Å². The van der Waals surface area contributed by atoms with Gasteiger partial charge in [0.2, 0.25) is 5.91 Å². The van der Waals surface area contributed by atoms with E-state index in [-0.39, 0.29) is 18.1 Å². The molecule has 3 heterocycles. The van der Waals surface area contributed by atoms with E-state index in [1.165, 1.54) is 0 Å². The molecule has 2 aliphatic heterocycles. The van der Waals surface area contributed by atoms with Gasteiger partial charge in [-0.3, -0.25) is 4.79 Å². The molecule has 0 saturated carbocycles. The van der Waals surface area contributed by atoms with Crippen LogP contribution in [0.25, 0.3) is 0 Å². The van der Waals surface area contributed by atoms with Crippen LogP contribution in [0, 0.1) is 0 Å². The average molecular weight is 306 g/mol. The Morgan fingerprint density at radius 3 is 3.05 bits per heavy atom. The molecule has 3 atom stereocenters. The lowest BCUT2D eigenvalue weighted by Gasteiger charge is -2.36. The van der Waals surface area contributed by atoms with Gasteiger partial charge in [0.15, 0.2) is 0 Å². The maximum Gasteiger partial charge on any atom is 0.223 e. The average Bonchev–Trinajstić information content (AvgIpc) is 3.13. The van der Waals surface area contributed by atoms with E-state index in [4.69, 9.17) is 4.74 Å². The summed E-state index contributed by atoms with van der Waals surface area (Å²) < 4.78 is 7.82. The summed E-state index contributed by atoms with van der Waals surface area (Å²) in [7, 11) is 1.98. The van der Waals surface area contributed by atoms with Crippen molar-refractivity contribution < 1.29 is 9.53 Å². The van der Waals surface area contributed by atoms with E-state index in [0.29, 0.717) is 12.5 Å². The molecule has 0 aromatic carbocycles. The minimum Gasteiger partial charge on any atom is -0.375 e. The summed E-state index contributed by atoms with van der Waals surface area (Å²) >= 11 is 0. The first kappa shape index (κ1) is 15.5. The summed E-state index contributed by atoms with van der Waals surface area (Å²) in [4.78, 5) is 19.1. The third-order valence-corrected chi connectivity index (χ3v) is 4.72. The molecule has 1 N–H and O–H groups in total. The molecule has 6 heteroatoms. The van der Waals surface area contributed by atoms with Crippen molar-refractivity contribution in [3.05, 3.63) is 18.2 Å². The van der Waals surface area contributed by atoms with Crippen molar-refractivity contribution in [1.82, 2.24) is 19.8 Å². The number of nitrogens with one attached hydrogen (secondary N) is 1. The zero-order chi connectivity index (χ0) is 15.5. The highest BCUT2D eigenvalue weighted by Crippen LogP contribution is 2.25. The fourth-order valence-corrected chi connectivity index (χ4v) is 3.46. The second kappa shape index (κ2) is 6.79. The molecule has 2 saturated heterocycles. The zero-order valence-corrected chi connectivity index (χ0v) is 13.5. The van der Waals surface area contributed by atoms with Gasteiger partial charge >= 0.3 is 0 Å². The van der Waals surface area contributed by atoms with Gasteiger partial charge in [0.1, 0.15) is 11.9 Å². The minimum absolute atomic E-state index is 0.0321. The molecule has 2 aliphatic rings. The van der Waals surface area contributed by atoms with Crippen LogP contribution in [0.15, 0.2) is 12.4 Å². The molecule has 1 amide bonds. The highest BCUT2D eigenvalue weighted by Gasteiger charge is 2.31. The van der Waals surface area contributed by atoms with Gasteiger partial charge < -0.3 is 19.5 Å². The van der Waals surface area contributed by atoms with Gasteiger partial charge in [0.25, 0.3) is 0 Å². The monoisotopic (exact) mass is 306 g/mol. The Labute approximate surface area is 131 Å². The van der Waals surface area contributed by atoms with Crippen molar-refractivity contribution in [2.75, 3.05) is 19.6 Å². The Morgan fingerprint density at radius 1 is 1.50 bits per heavy atom. The number of nitrogens with zero attached hydrogens (tertiary/aromatic N) is 3. The highest BCUT2D eigenvalue weighted by molar-refractivity contribution is 5.76. The lowest BCUT2D eigenvalue weighted by atomic mass is 10.1. The highest BCUT2D eigenvalue weighted by atomic mass is 16.5. The second-order valence-electron chi connectivity index (χ2n) is 6.39. The van der Waals surface area contributed by atoms with Crippen molar-refractivity contribution in [2.45, 2.75) is 50.9 Å². The predicted molar refractivity (Wildman–Crippen MR) is 83.3 cm³/mol. The molecule has 0 aliphatic carbocycles. The summed E-state index contributed by atoms with van der Waals surface area (Å²) in [5, 5.41) is 3.37. The standard InChI is InChI=1S/C16H26N4O2/c1-12-3-4-13(22-12)5-6-15(21)20-10-7-17-11-14(20)16-18-8-9-19(16)2/h8-9,12-14,17H,3-7,10-11H2,1-2H3. The van der Waals surface area contributed by atoms with E-state index in [9.17, 15) is 4.79 Å². The van der Waals surface area contributed by atoms with Gasteiger partial charge in [-0.15, -0.1) is 0 Å². The number of amides is 1. The molecule has 1 aromatic heterocycles. The van der Waals surface area contributed by atoms with Crippen LogP contribution >= 0.6 is 0 Å². The Bertz CT molecular complexity index is 516. The molecular weight excluding hydrogens is 280 g/mol. The first-order valence-corrected chi connectivity index (χ1v) is 8.28. The van der Waals surface area contributed by atoms with Gasteiger partial charge in [-0.2, -0.15) is 0 Å². The number of aromatic nitrogens is 2. The maximum absolute atomic E-state index is 12.7. The quantitative estimate of drug-likeness (QED) is 0.909. The van der Waals surface area contributed by atoms with Crippen LogP contribution in [0.3, 0.4) is 0 Å². The first-order valence-electron chi connectivity index (χ1n) is 8.28. The van der Waals surface area contributed by atoms with E-state index in [1.54, 1.807) is 6.20 Å². The van der Waals surface area contributed by atoms with Gasteiger partial charge in [-0.25, -0.2) is 4.98 Å². The lowest BCUT2D eigenvalue weighted by molar-refractivity contribution is -0.135. The van der Waals surface area contributed by atoms with Crippen LogP contribution in [0.1, 0.15) is 44.5 Å². The Kier molecular flexibility index (Phi) is 4.78. The third kappa shape index (κ3) is 3.33. The van der Waals surface area contributed by atoms with E-state index in [0.717, 1.165) is 44.7 Å². The number of carbonyl (C=O) groups is 1. The largest absolute Gasteiger partial charge is 0.375 e. The van der Waals surface area contributed by atoms with Crippen LogP contribution in [-0.2, 0) is 16.6 Å². The molecule has 0 radical (unpaired) electrons. The van der Waals surface area contributed by atoms with Crippen LogP contribution in [0.5, 0.6) is 0 Å². The van der Waals surface area contributed by atoms with Crippen LogP contribution in [0.2, 0.25) is 0 Å². The zero-order valence-electron chi connectivity index (χ0n) is 13.5. The minimum atomic E-state index is 0.0321. The molecule has 6 nitrogen and oxygen atoms in total. The fourth-order valence-electron chi connectivity index (χ4n) is 3.46. The van der Waals surface area contributed by atoms with Crippen molar-refractivity contribution in [3.8, 4) is 0 Å². The summed E-state index contributed by atoms with van der Waals surface area (Å²) in [6.45, 7) is 4.48. The van der Waals surface area contributed by atoms with Crippen molar-refractivity contribution in [1.29, 1.82) is 0 Å². The third-order valence-electron chi connectivity index (χ3n) is 4.72. The Hall–Kier alpha value is -1.40. The molecule has 3 unspecified atom stereocenters. The molecule has 1 aromatic rings. The normalized spacial score (nSPS) is 29.0. The van der Waals surface area contributed by atoms with Gasteiger partial charge in [0.05, 0.1) is 12.2 Å². The summed E-state index contributed by atoms with van der Waals surface area (Å²) in [5.74, 6) is 1.17. The smallest absolute Gasteiger partial charge is 0.223 e. The van der Waals surface area contributed by atoms with Crippen molar-refractivity contribution in [3.63, 3.8) is 0 Å². The summed E-state index contributed by atoms with van der Waals surface area (Å²) in [5.41, 5.74) is 0. The second-order valence-corrected chi connectivity index (χ2v) is 6.39. The summed E-state index contributed by atoms with van der Waals surface area (Å²) in [6.07, 6.45) is 7.92. The van der Waals surface area contributed by atoms with Crippen LogP contribution < -0.4 is 5.32 Å². The number of hydrogen-bond acceptors (Lipinski definition) is 4. The molecule has 22 heavy (non-hydrogen) atoms. The predicted octanol–water partition coefficient (Wildman–Crippen LogP) is 1.24. The molecule has 0 spiro atoms. The van der Waals surface area contributed by atoms with Crippen molar-refractivity contribution in [2.24, 2.45) is 7.05 Å². The number of ether oxygens (including phenoxy) is 1. The summed E-state index contributed by atoms with van der Waals surface area (Å²) in [6, 6.07) is 0.0321. The molecule has 122 valence electrons. The molecular formula is C16H26N4O2. The van der Waals surface area contributed by atoms with E-state index in [1.807, 2.05) is 22.7 Å². The van der Waals surface area contributed by atoms with Crippen molar-refractivity contribution >= 4 is 5.91 Å². The number of piperazine rings is 1. The number of aryl methyl sites for hydroxylation is 1. The first-order chi connectivity index (χ1) is 10.6. The van der Waals surface area contributed by atoms with Crippen LogP contribution in [-0.4, -0.2) is 52.2 Å². The van der Waals surface area contributed by atoms with Gasteiger partial charge in [-0.05, 0) is 26.2 Å². The maximum atomic E-state index is 12.7. The van der Waals surface area contributed by atoms with Gasteiger partial charge in [0, 0.05) is 45.5 Å². The van der Waals surface area contributed by atoms with Gasteiger partial charge in [-0.1, -0.05) is 0 Å². The number of carbonyl (C=O) groups excluding carboxylic acids is 1. The topological polar surface area (TPSA) is 59.4 Å². The van der Waals surface area contributed by atoms with E-state index >= 15 is 0 Å². The van der Waals surface area contributed by atoms with E-state index in [2.05, 4.69) is 17.2 Å². The number of imidazole rings is 1. The fraction of sp³-hybridized carbons (Fsp3) is 0.750. The Balaban J connectivity index is 1.60. The number of hydrogen-bond donors (Lipinski definition) is 1. The lowest BCUT2D eigenvalue weighted by Crippen LogP contribution is -2.49. The number of rotatable bonds is 4. The van der Waals surface area contributed by atoms with Crippen LogP contribution in [0.4, 0.5) is 0 Å². The molecule has 2 fully saturated rings. The molecule has 3 rings (SSSR count).